The average molecular weight is 263 g/mol. The predicted octanol–water partition coefficient (Wildman–Crippen LogP) is 4.39. The van der Waals surface area contributed by atoms with Gasteiger partial charge in [-0.2, -0.15) is 0 Å². The third kappa shape index (κ3) is 1.70. The predicted molar refractivity (Wildman–Crippen MR) is 77.6 cm³/mol. The van der Waals surface area contributed by atoms with Gasteiger partial charge in [-0.05, 0) is 17.5 Å². The molecule has 0 aromatic heterocycles. The molecule has 0 amide bonds. The van der Waals surface area contributed by atoms with Crippen LogP contribution in [0.5, 0.6) is 0 Å². The van der Waals surface area contributed by atoms with Crippen LogP contribution in [0.3, 0.4) is 0 Å². The molecule has 3 nitrogen and oxygen atoms in total. The summed E-state index contributed by atoms with van der Waals surface area (Å²) < 4.78 is 0. The van der Waals surface area contributed by atoms with Gasteiger partial charge in [-0.1, -0.05) is 60.7 Å². The van der Waals surface area contributed by atoms with Crippen molar-refractivity contribution in [2.75, 3.05) is 0 Å². The third-order valence-electron chi connectivity index (χ3n) is 4.07. The molecule has 0 unspecified atom stereocenters. The molecular weight excluding hydrogens is 248 g/mol. The number of allylic oxidation sites excluding steroid dienone is 2. The van der Waals surface area contributed by atoms with Crippen LogP contribution in [-0.4, -0.2) is 5.11 Å². The minimum Gasteiger partial charge on any atom is -0.504 e. The van der Waals surface area contributed by atoms with Crippen molar-refractivity contribution < 1.29 is 5.11 Å². The smallest absolute Gasteiger partial charge is 0.399 e. The minimum absolute atomic E-state index is 0.150. The van der Waals surface area contributed by atoms with Gasteiger partial charge in [0.25, 0.3) is 0 Å². The van der Waals surface area contributed by atoms with E-state index in [9.17, 15) is 5.11 Å². The van der Waals surface area contributed by atoms with Gasteiger partial charge in [0.05, 0.1) is 11.8 Å². The molecule has 0 saturated heterocycles. The largest absolute Gasteiger partial charge is 0.504 e. The standard InChI is InChI=1S/C17H14N2O/c18-19-15-11-12-17(16(15)20,13-7-3-1-4-8-13)14-9-5-2-6-10-14/h1-10H,11-12H2/p+1. The summed E-state index contributed by atoms with van der Waals surface area (Å²) in [6.07, 6.45) is 1.26. The SMILES string of the molecule is N#[N+]C1=C(O)C(c2ccccc2)(c2ccccc2)CC1. The van der Waals surface area contributed by atoms with Crippen molar-refractivity contribution in [1.29, 1.82) is 5.39 Å². The summed E-state index contributed by atoms with van der Waals surface area (Å²) >= 11 is 0. The number of hydrogen-bond acceptors (Lipinski definition) is 2. The zero-order chi connectivity index (χ0) is 14.0. The first-order chi connectivity index (χ1) is 9.79. The van der Waals surface area contributed by atoms with E-state index in [-0.39, 0.29) is 5.76 Å². The maximum atomic E-state index is 10.6. The Morgan fingerprint density at radius 2 is 1.40 bits per heavy atom. The van der Waals surface area contributed by atoms with Crippen molar-refractivity contribution in [1.82, 2.24) is 0 Å². The highest BCUT2D eigenvalue weighted by Crippen LogP contribution is 2.49. The van der Waals surface area contributed by atoms with E-state index in [1.807, 2.05) is 60.7 Å². The van der Waals surface area contributed by atoms with Crippen LogP contribution in [0.1, 0.15) is 24.0 Å². The number of hydrogen-bond donors (Lipinski definition) is 1. The van der Waals surface area contributed by atoms with Gasteiger partial charge >= 0.3 is 5.70 Å². The maximum absolute atomic E-state index is 10.6. The molecule has 0 bridgehead atoms. The van der Waals surface area contributed by atoms with Gasteiger partial charge < -0.3 is 5.11 Å². The van der Waals surface area contributed by atoms with E-state index < -0.39 is 5.41 Å². The van der Waals surface area contributed by atoms with E-state index in [1.54, 1.807) is 0 Å². The fourth-order valence-electron chi connectivity index (χ4n) is 3.06. The number of aliphatic hydroxyl groups is 1. The quantitative estimate of drug-likeness (QED) is 0.817. The molecule has 1 aliphatic carbocycles. The van der Waals surface area contributed by atoms with E-state index in [2.05, 4.69) is 4.98 Å². The van der Waals surface area contributed by atoms with Crippen molar-refractivity contribution in [3.63, 3.8) is 0 Å². The molecule has 0 saturated carbocycles. The lowest BCUT2D eigenvalue weighted by Gasteiger charge is -2.29. The zero-order valence-electron chi connectivity index (χ0n) is 11.0. The van der Waals surface area contributed by atoms with E-state index in [4.69, 9.17) is 5.39 Å². The highest BCUT2D eigenvalue weighted by Gasteiger charge is 2.49. The molecule has 1 aliphatic rings. The van der Waals surface area contributed by atoms with Crippen LogP contribution >= 0.6 is 0 Å². The Morgan fingerprint density at radius 1 is 0.900 bits per heavy atom. The first-order valence-electron chi connectivity index (χ1n) is 6.68. The zero-order valence-corrected chi connectivity index (χ0v) is 11.0. The lowest BCUT2D eigenvalue weighted by atomic mass is 9.73. The first kappa shape index (κ1) is 12.4. The van der Waals surface area contributed by atoms with Crippen molar-refractivity contribution >= 4 is 0 Å². The lowest BCUT2D eigenvalue weighted by molar-refractivity contribution is 0.329. The highest BCUT2D eigenvalue weighted by molar-refractivity contribution is 5.51. The van der Waals surface area contributed by atoms with Crippen molar-refractivity contribution in [2.45, 2.75) is 18.3 Å². The Hall–Kier alpha value is -2.60. The monoisotopic (exact) mass is 263 g/mol. The molecule has 0 atom stereocenters. The number of nitrogens with zero attached hydrogens (tertiary/aromatic N) is 2. The second kappa shape index (κ2) is 4.82. The highest BCUT2D eigenvalue weighted by atomic mass is 16.3. The normalized spacial score (nSPS) is 16.9. The second-order valence-corrected chi connectivity index (χ2v) is 5.03. The number of benzene rings is 2. The van der Waals surface area contributed by atoms with Crippen LogP contribution in [-0.2, 0) is 5.41 Å². The summed E-state index contributed by atoms with van der Waals surface area (Å²) in [6.45, 7) is 0. The molecule has 2 aromatic rings. The Morgan fingerprint density at radius 3 is 1.80 bits per heavy atom. The van der Waals surface area contributed by atoms with E-state index >= 15 is 0 Å². The van der Waals surface area contributed by atoms with E-state index in [0.717, 1.165) is 11.1 Å². The van der Waals surface area contributed by atoms with Crippen LogP contribution in [0, 0.1) is 5.39 Å². The molecule has 0 heterocycles. The van der Waals surface area contributed by atoms with Gasteiger partial charge in [0.1, 0.15) is 0 Å². The van der Waals surface area contributed by atoms with Crippen molar-refractivity contribution in [3.05, 3.63) is 88.2 Å². The Labute approximate surface area is 117 Å². The molecule has 3 rings (SSSR count). The maximum Gasteiger partial charge on any atom is 0.399 e. The summed E-state index contributed by atoms with van der Waals surface area (Å²) in [5.74, 6) is 0.150. The molecule has 0 fully saturated rings. The van der Waals surface area contributed by atoms with Gasteiger partial charge in [0.2, 0.25) is 5.39 Å². The number of diazo groups is 1. The Bertz CT molecular complexity index is 644. The van der Waals surface area contributed by atoms with Gasteiger partial charge in [-0.15, -0.1) is 0 Å². The van der Waals surface area contributed by atoms with Crippen LogP contribution in [0.15, 0.2) is 72.1 Å². The Balaban J connectivity index is 2.27. The van der Waals surface area contributed by atoms with Gasteiger partial charge in [0.15, 0.2) is 10.7 Å². The van der Waals surface area contributed by atoms with Crippen LogP contribution < -0.4 is 0 Å². The summed E-state index contributed by atoms with van der Waals surface area (Å²) in [6, 6.07) is 19.8. The summed E-state index contributed by atoms with van der Waals surface area (Å²) in [5.41, 5.74) is 1.80. The molecule has 1 N–H and O–H groups in total. The third-order valence-corrected chi connectivity index (χ3v) is 4.07. The lowest BCUT2D eigenvalue weighted by Crippen LogP contribution is -2.27. The molecule has 0 radical (unpaired) electrons. The molecule has 0 spiro atoms. The fraction of sp³-hybridized carbons (Fsp3) is 0.176. The molecule has 3 heteroatoms. The summed E-state index contributed by atoms with van der Waals surface area (Å²) in [5, 5.41) is 19.7. The molecule has 0 aliphatic heterocycles. The molecular formula is C17H15N2O+. The van der Waals surface area contributed by atoms with Crippen molar-refractivity contribution in [3.8, 4) is 0 Å². The average Bonchev–Trinajstić information content (AvgIpc) is 2.87. The van der Waals surface area contributed by atoms with Gasteiger partial charge in [-0.25, -0.2) is 0 Å². The van der Waals surface area contributed by atoms with Gasteiger partial charge in [0, 0.05) is 0 Å². The van der Waals surface area contributed by atoms with Crippen molar-refractivity contribution in [2.24, 2.45) is 0 Å². The number of rotatable bonds is 2. The molecule has 98 valence electrons. The van der Waals surface area contributed by atoms with Crippen LogP contribution in [0.2, 0.25) is 0 Å². The first-order valence-corrected chi connectivity index (χ1v) is 6.68. The molecule has 2 aromatic carbocycles. The Kier molecular flexibility index (Phi) is 3.00. The number of aliphatic hydroxyl groups excluding tert-OH is 1. The summed E-state index contributed by atoms with van der Waals surface area (Å²) in [4.78, 5) is 3.24. The summed E-state index contributed by atoms with van der Waals surface area (Å²) in [7, 11) is 0. The van der Waals surface area contributed by atoms with E-state index in [1.165, 1.54) is 0 Å². The minimum atomic E-state index is -0.607. The topological polar surface area (TPSA) is 48.4 Å². The second-order valence-electron chi connectivity index (χ2n) is 5.03. The van der Waals surface area contributed by atoms with Gasteiger partial charge in [-0.3, -0.25) is 0 Å². The molecule has 20 heavy (non-hydrogen) atoms. The van der Waals surface area contributed by atoms with Crippen LogP contribution in [0.4, 0.5) is 0 Å². The van der Waals surface area contributed by atoms with E-state index in [0.29, 0.717) is 18.5 Å². The van der Waals surface area contributed by atoms with Crippen LogP contribution in [0.25, 0.3) is 4.98 Å². The fourth-order valence-corrected chi connectivity index (χ4v) is 3.06.